The number of amides is 4. The van der Waals surface area contributed by atoms with E-state index in [1.54, 1.807) is 6.92 Å². The summed E-state index contributed by atoms with van der Waals surface area (Å²) in [5, 5.41) is 5.76. The Balaban J connectivity index is 2.08. The highest BCUT2D eigenvalue weighted by Crippen LogP contribution is 2.33. The van der Waals surface area contributed by atoms with Gasteiger partial charge in [0.05, 0.1) is 12.1 Å². The highest BCUT2D eigenvalue weighted by atomic mass is 16.5. The molecule has 0 aromatic rings. The first-order chi connectivity index (χ1) is 16.1. The maximum Gasteiger partial charge on any atom is 0.315 e. The summed E-state index contributed by atoms with van der Waals surface area (Å²) < 4.78 is 4.97. The van der Waals surface area contributed by atoms with E-state index < -0.39 is 40.8 Å². The highest BCUT2D eigenvalue weighted by Gasteiger charge is 2.38. The van der Waals surface area contributed by atoms with Crippen molar-refractivity contribution in [1.29, 1.82) is 0 Å². The normalized spacial score (nSPS) is 23.5. The van der Waals surface area contributed by atoms with Gasteiger partial charge in [0.25, 0.3) is 11.8 Å². The molecule has 0 aromatic carbocycles. The number of morpholine rings is 1. The topological polar surface area (TPSA) is 122 Å². The van der Waals surface area contributed by atoms with Crippen molar-refractivity contribution < 1.29 is 28.7 Å². The van der Waals surface area contributed by atoms with Gasteiger partial charge in [0.2, 0.25) is 0 Å². The summed E-state index contributed by atoms with van der Waals surface area (Å²) in [5.41, 5.74) is -0.975. The van der Waals surface area contributed by atoms with E-state index in [1.165, 1.54) is 0 Å². The van der Waals surface area contributed by atoms with Gasteiger partial charge in [-0.3, -0.25) is 24.1 Å². The molecule has 1 unspecified atom stereocenters. The fraction of sp³-hybridized carbons (Fsp3) is 0.808. The van der Waals surface area contributed by atoms with Gasteiger partial charge < -0.3 is 15.4 Å². The first kappa shape index (κ1) is 28.9. The van der Waals surface area contributed by atoms with E-state index in [4.69, 9.17) is 4.74 Å². The van der Waals surface area contributed by atoms with Crippen LogP contribution in [0.3, 0.4) is 0 Å². The number of nitrogens with zero attached hydrogens (tertiary/aromatic N) is 1. The Labute approximate surface area is 209 Å². The summed E-state index contributed by atoms with van der Waals surface area (Å²) in [7, 11) is 0. The number of urea groups is 1. The SMILES string of the molecule is CC(=O)[C@@H]1CCCC(CC(=O)[C@@H](NC(=O)N[C@H](CN2C(=O)COCC2=O)C(C)(C)C)C(C)(C)C)C1. The number of nitrogens with one attached hydrogen (secondary N) is 2. The van der Waals surface area contributed by atoms with Gasteiger partial charge in [-0.05, 0) is 42.9 Å². The molecule has 1 saturated carbocycles. The van der Waals surface area contributed by atoms with Crippen LogP contribution in [-0.4, -0.2) is 66.2 Å². The number of Topliss-reactive ketones (excluding diaryl/α,β-unsaturated/α-hetero) is 2. The lowest BCUT2D eigenvalue weighted by atomic mass is 9.75. The smallest absolute Gasteiger partial charge is 0.315 e. The number of rotatable bonds is 8. The molecule has 9 nitrogen and oxygen atoms in total. The van der Waals surface area contributed by atoms with Crippen LogP contribution in [0.15, 0.2) is 0 Å². The third kappa shape index (κ3) is 8.40. The minimum absolute atomic E-state index is 0.0176. The number of ether oxygens (including phenoxy) is 1. The van der Waals surface area contributed by atoms with E-state index in [0.29, 0.717) is 6.42 Å². The zero-order chi connectivity index (χ0) is 26.6. The lowest BCUT2D eigenvalue weighted by Gasteiger charge is -2.37. The lowest BCUT2D eigenvalue weighted by molar-refractivity contribution is -0.159. The van der Waals surface area contributed by atoms with Crippen LogP contribution < -0.4 is 10.6 Å². The minimum Gasteiger partial charge on any atom is -0.362 e. The number of carbonyl (C=O) groups is 5. The number of carbonyl (C=O) groups excluding carboxylic acids is 5. The second-order valence-corrected chi connectivity index (χ2v) is 12.2. The molecule has 2 aliphatic rings. The number of hydrogen-bond donors (Lipinski definition) is 2. The predicted molar refractivity (Wildman–Crippen MR) is 131 cm³/mol. The molecule has 0 spiro atoms. The Morgan fingerprint density at radius 3 is 2.09 bits per heavy atom. The van der Waals surface area contributed by atoms with Crippen LogP contribution in [-0.2, 0) is 23.9 Å². The van der Waals surface area contributed by atoms with Crippen molar-refractivity contribution in [1.82, 2.24) is 15.5 Å². The van der Waals surface area contributed by atoms with Crippen molar-refractivity contribution in [2.75, 3.05) is 19.8 Å². The number of imide groups is 1. The second kappa shape index (κ2) is 11.6. The van der Waals surface area contributed by atoms with E-state index in [9.17, 15) is 24.0 Å². The van der Waals surface area contributed by atoms with Gasteiger partial charge in [-0.25, -0.2) is 4.79 Å². The summed E-state index contributed by atoms with van der Waals surface area (Å²) in [6.07, 6.45) is 3.77. The summed E-state index contributed by atoms with van der Waals surface area (Å²) >= 11 is 0. The van der Waals surface area contributed by atoms with Crippen molar-refractivity contribution in [2.45, 2.75) is 92.7 Å². The summed E-state index contributed by atoms with van der Waals surface area (Å²) in [5.74, 6) is -0.580. The third-order valence-corrected chi connectivity index (χ3v) is 7.08. The largest absolute Gasteiger partial charge is 0.362 e. The van der Waals surface area contributed by atoms with Crippen LogP contribution in [0.5, 0.6) is 0 Å². The second-order valence-electron chi connectivity index (χ2n) is 12.2. The van der Waals surface area contributed by atoms with Crippen LogP contribution in [0.25, 0.3) is 0 Å². The molecular formula is C26H43N3O6. The zero-order valence-corrected chi connectivity index (χ0v) is 22.4. The molecule has 2 N–H and O–H groups in total. The first-order valence-electron chi connectivity index (χ1n) is 12.6. The van der Waals surface area contributed by atoms with E-state index in [2.05, 4.69) is 10.6 Å². The molecule has 0 bridgehead atoms. The number of hydrogen-bond acceptors (Lipinski definition) is 6. The van der Waals surface area contributed by atoms with Gasteiger partial charge in [0, 0.05) is 18.9 Å². The predicted octanol–water partition coefficient (Wildman–Crippen LogP) is 2.86. The fourth-order valence-corrected chi connectivity index (χ4v) is 4.80. The molecule has 35 heavy (non-hydrogen) atoms. The molecule has 4 amide bonds. The van der Waals surface area contributed by atoms with Gasteiger partial charge in [0.15, 0.2) is 5.78 Å². The molecule has 0 aromatic heterocycles. The van der Waals surface area contributed by atoms with E-state index in [0.717, 1.165) is 30.6 Å². The Bertz CT molecular complexity index is 810. The molecule has 1 aliphatic carbocycles. The van der Waals surface area contributed by atoms with Gasteiger partial charge in [-0.2, -0.15) is 0 Å². The summed E-state index contributed by atoms with van der Waals surface area (Å²) in [6.45, 7) is 12.8. The zero-order valence-electron chi connectivity index (χ0n) is 22.4. The van der Waals surface area contributed by atoms with E-state index >= 15 is 0 Å². The average molecular weight is 494 g/mol. The third-order valence-electron chi connectivity index (χ3n) is 7.08. The van der Waals surface area contributed by atoms with E-state index in [1.807, 2.05) is 41.5 Å². The van der Waals surface area contributed by atoms with Crippen LogP contribution in [0.1, 0.15) is 80.6 Å². The Morgan fingerprint density at radius 1 is 0.971 bits per heavy atom. The van der Waals surface area contributed by atoms with Gasteiger partial charge in [-0.15, -0.1) is 0 Å². The molecule has 4 atom stereocenters. The van der Waals surface area contributed by atoms with Crippen LogP contribution in [0.2, 0.25) is 0 Å². The maximum atomic E-state index is 13.3. The van der Waals surface area contributed by atoms with Crippen molar-refractivity contribution in [2.24, 2.45) is 22.7 Å². The van der Waals surface area contributed by atoms with Gasteiger partial charge >= 0.3 is 6.03 Å². The maximum absolute atomic E-state index is 13.3. The molecule has 1 saturated heterocycles. The monoisotopic (exact) mass is 493 g/mol. The van der Waals surface area contributed by atoms with Crippen molar-refractivity contribution in [3.63, 3.8) is 0 Å². The molecule has 2 rings (SSSR count). The summed E-state index contributed by atoms with van der Waals surface area (Å²) in [6, 6.07) is -1.76. The van der Waals surface area contributed by atoms with Crippen molar-refractivity contribution in [3.8, 4) is 0 Å². The Kier molecular flexibility index (Phi) is 9.62. The highest BCUT2D eigenvalue weighted by molar-refractivity contribution is 5.98. The quantitative estimate of drug-likeness (QED) is 0.502. The lowest BCUT2D eigenvalue weighted by Crippen LogP contribution is -2.60. The van der Waals surface area contributed by atoms with Crippen LogP contribution in [0.4, 0.5) is 4.79 Å². The van der Waals surface area contributed by atoms with Crippen molar-refractivity contribution >= 4 is 29.4 Å². The van der Waals surface area contributed by atoms with E-state index in [-0.39, 0.29) is 43.2 Å². The molecule has 9 heteroatoms. The summed E-state index contributed by atoms with van der Waals surface area (Å²) in [4.78, 5) is 63.7. The molecule has 1 heterocycles. The van der Waals surface area contributed by atoms with Gasteiger partial charge in [-0.1, -0.05) is 48.0 Å². The molecule has 0 radical (unpaired) electrons. The van der Waals surface area contributed by atoms with Gasteiger partial charge in [0.1, 0.15) is 19.0 Å². The fourth-order valence-electron chi connectivity index (χ4n) is 4.80. The number of ketones is 2. The molecule has 198 valence electrons. The molecule has 2 fully saturated rings. The minimum atomic E-state index is -0.715. The van der Waals surface area contributed by atoms with Crippen LogP contribution >= 0.6 is 0 Å². The average Bonchev–Trinajstić information content (AvgIpc) is 2.72. The van der Waals surface area contributed by atoms with Crippen molar-refractivity contribution in [3.05, 3.63) is 0 Å². The standard InChI is InChI=1S/C26H43N3O6/c1-16(30)18-10-8-9-17(11-18)12-19(31)23(26(5,6)7)28-24(34)27-20(25(2,3)4)13-29-21(32)14-35-15-22(29)33/h17-18,20,23H,8-15H2,1-7H3,(H2,27,28,34)/t17?,18-,20-,23-/m1/s1. The Morgan fingerprint density at radius 2 is 1.57 bits per heavy atom. The molecule has 1 aliphatic heterocycles. The van der Waals surface area contributed by atoms with Crippen LogP contribution in [0, 0.1) is 22.7 Å². The first-order valence-corrected chi connectivity index (χ1v) is 12.6. The Hall–Kier alpha value is -2.29. The molecular weight excluding hydrogens is 450 g/mol.